The third-order valence-electron chi connectivity index (χ3n) is 5.79. The van der Waals surface area contributed by atoms with Gasteiger partial charge < -0.3 is 10.6 Å². The average molecular weight is 425 g/mol. The number of nitrogens with zero attached hydrogens (tertiary/aromatic N) is 2. The Morgan fingerprint density at radius 3 is 2.50 bits per heavy atom. The lowest BCUT2D eigenvalue weighted by Crippen LogP contribution is -2.37. The van der Waals surface area contributed by atoms with Gasteiger partial charge in [-0.2, -0.15) is 0 Å². The summed E-state index contributed by atoms with van der Waals surface area (Å²) in [6.07, 6.45) is 7.20. The van der Waals surface area contributed by atoms with Crippen LogP contribution in [0, 0.1) is 10.1 Å². The smallest absolute Gasteiger partial charge is 0.269 e. The summed E-state index contributed by atoms with van der Waals surface area (Å²) >= 11 is 6.08. The van der Waals surface area contributed by atoms with Gasteiger partial charge in [-0.05, 0) is 68.5 Å². The Labute approximate surface area is 180 Å². The van der Waals surface area contributed by atoms with Crippen LogP contribution in [0.4, 0.5) is 11.4 Å². The second-order valence-corrected chi connectivity index (χ2v) is 8.28. The first-order valence-corrected chi connectivity index (χ1v) is 10.7. The maximum atomic E-state index is 10.7. The number of aromatic nitrogens is 1. The standard InChI is InChI=1S/C23H25ClN4O2/c24-17-3-10-21-22(12-14-26-23(21)15-17)27-19-6-4-18(5-7-19)25-13-11-16-1-8-20(9-2-16)28(29)30/h1-3,8-10,12,14-15,18-19,25H,4-7,11,13H2,(H,26,27). The third-order valence-corrected chi connectivity index (χ3v) is 6.02. The molecule has 1 aliphatic carbocycles. The maximum Gasteiger partial charge on any atom is 0.269 e. The number of non-ortho nitro benzene ring substituents is 1. The van der Waals surface area contributed by atoms with Gasteiger partial charge >= 0.3 is 0 Å². The minimum atomic E-state index is -0.363. The van der Waals surface area contributed by atoms with Gasteiger partial charge in [0.1, 0.15) is 0 Å². The van der Waals surface area contributed by atoms with E-state index in [-0.39, 0.29) is 10.6 Å². The van der Waals surface area contributed by atoms with E-state index in [1.165, 1.54) is 0 Å². The largest absolute Gasteiger partial charge is 0.382 e. The molecule has 0 spiro atoms. The Morgan fingerprint density at radius 1 is 1.03 bits per heavy atom. The van der Waals surface area contributed by atoms with Crippen LogP contribution in [0.1, 0.15) is 31.2 Å². The van der Waals surface area contributed by atoms with Gasteiger partial charge in [0.25, 0.3) is 5.69 Å². The van der Waals surface area contributed by atoms with Crippen molar-refractivity contribution in [3.05, 3.63) is 75.4 Å². The van der Waals surface area contributed by atoms with Crippen molar-refractivity contribution < 1.29 is 4.92 Å². The van der Waals surface area contributed by atoms with Crippen LogP contribution in [0.5, 0.6) is 0 Å². The number of rotatable bonds is 7. The number of hydrogen-bond donors (Lipinski definition) is 2. The minimum absolute atomic E-state index is 0.141. The predicted molar refractivity (Wildman–Crippen MR) is 121 cm³/mol. The van der Waals surface area contributed by atoms with E-state index in [0.717, 1.165) is 60.8 Å². The van der Waals surface area contributed by atoms with Crippen molar-refractivity contribution in [3.8, 4) is 0 Å². The van der Waals surface area contributed by atoms with Gasteiger partial charge in [0.2, 0.25) is 0 Å². The van der Waals surface area contributed by atoms with Crippen LogP contribution in [-0.4, -0.2) is 28.5 Å². The summed E-state index contributed by atoms with van der Waals surface area (Å²) in [7, 11) is 0. The number of fused-ring (bicyclic) bond motifs is 1. The van der Waals surface area contributed by atoms with Crippen molar-refractivity contribution in [1.82, 2.24) is 10.3 Å². The van der Waals surface area contributed by atoms with Crippen molar-refractivity contribution >= 4 is 33.9 Å². The van der Waals surface area contributed by atoms with Crippen LogP contribution in [0.15, 0.2) is 54.7 Å². The van der Waals surface area contributed by atoms with Gasteiger partial charge in [-0.25, -0.2) is 0 Å². The van der Waals surface area contributed by atoms with E-state index in [1.807, 2.05) is 42.6 Å². The molecule has 0 saturated heterocycles. The molecule has 1 heterocycles. The molecule has 2 aromatic carbocycles. The van der Waals surface area contributed by atoms with Crippen molar-refractivity contribution in [2.45, 2.75) is 44.2 Å². The predicted octanol–water partition coefficient (Wildman–Crippen LogP) is 5.35. The first-order valence-electron chi connectivity index (χ1n) is 10.4. The summed E-state index contributed by atoms with van der Waals surface area (Å²) in [5.74, 6) is 0. The fourth-order valence-electron chi connectivity index (χ4n) is 4.11. The van der Waals surface area contributed by atoms with E-state index in [4.69, 9.17) is 11.6 Å². The fourth-order valence-corrected chi connectivity index (χ4v) is 4.28. The molecule has 0 atom stereocenters. The number of pyridine rings is 1. The highest BCUT2D eigenvalue weighted by atomic mass is 35.5. The Balaban J connectivity index is 1.24. The number of halogens is 1. The Hall–Kier alpha value is -2.70. The molecule has 1 aliphatic rings. The molecular weight excluding hydrogens is 400 g/mol. The molecule has 1 aromatic heterocycles. The van der Waals surface area contributed by atoms with Gasteiger partial charge in [-0.3, -0.25) is 15.1 Å². The monoisotopic (exact) mass is 424 g/mol. The molecule has 0 unspecified atom stereocenters. The number of benzene rings is 2. The molecule has 3 aromatic rings. The van der Waals surface area contributed by atoms with Gasteiger partial charge in [-0.1, -0.05) is 23.7 Å². The van der Waals surface area contributed by atoms with Gasteiger partial charge in [0.05, 0.1) is 10.4 Å². The summed E-state index contributed by atoms with van der Waals surface area (Å²) in [6, 6.07) is 15.7. The van der Waals surface area contributed by atoms with Crippen LogP contribution < -0.4 is 10.6 Å². The van der Waals surface area contributed by atoms with E-state index in [0.29, 0.717) is 17.1 Å². The van der Waals surface area contributed by atoms with Crippen molar-refractivity contribution in [3.63, 3.8) is 0 Å². The molecule has 0 amide bonds. The molecule has 0 aliphatic heterocycles. The van der Waals surface area contributed by atoms with Crippen molar-refractivity contribution in [2.75, 3.05) is 11.9 Å². The van der Waals surface area contributed by atoms with Crippen LogP contribution in [0.3, 0.4) is 0 Å². The molecule has 30 heavy (non-hydrogen) atoms. The summed E-state index contributed by atoms with van der Waals surface area (Å²) in [4.78, 5) is 14.8. The zero-order chi connectivity index (χ0) is 20.9. The van der Waals surface area contributed by atoms with Gasteiger partial charge in [-0.15, -0.1) is 0 Å². The highest BCUT2D eigenvalue weighted by molar-refractivity contribution is 6.31. The highest BCUT2D eigenvalue weighted by Crippen LogP contribution is 2.28. The van der Waals surface area contributed by atoms with Crippen molar-refractivity contribution in [1.29, 1.82) is 0 Å². The minimum Gasteiger partial charge on any atom is -0.382 e. The Bertz CT molecular complexity index is 1020. The van der Waals surface area contributed by atoms with Crippen LogP contribution in [-0.2, 0) is 6.42 Å². The molecule has 7 heteroatoms. The molecule has 1 fully saturated rings. The van der Waals surface area contributed by atoms with Crippen LogP contribution in [0.2, 0.25) is 5.02 Å². The highest BCUT2D eigenvalue weighted by Gasteiger charge is 2.21. The molecule has 156 valence electrons. The zero-order valence-electron chi connectivity index (χ0n) is 16.7. The lowest BCUT2D eigenvalue weighted by molar-refractivity contribution is -0.384. The summed E-state index contributed by atoms with van der Waals surface area (Å²) in [6.45, 7) is 0.885. The summed E-state index contributed by atoms with van der Waals surface area (Å²) in [5.41, 5.74) is 3.29. The Morgan fingerprint density at radius 2 is 1.77 bits per heavy atom. The first-order chi connectivity index (χ1) is 14.6. The SMILES string of the molecule is O=[N+]([O-])c1ccc(CCNC2CCC(Nc3ccnc4cc(Cl)ccc34)CC2)cc1. The maximum absolute atomic E-state index is 10.7. The number of anilines is 1. The third kappa shape index (κ3) is 5.07. The summed E-state index contributed by atoms with van der Waals surface area (Å²) in [5, 5.41) is 19.9. The Kier molecular flexibility index (Phi) is 6.45. The average Bonchev–Trinajstić information content (AvgIpc) is 2.75. The molecule has 6 nitrogen and oxygen atoms in total. The van der Waals surface area contributed by atoms with E-state index >= 15 is 0 Å². The van der Waals surface area contributed by atoms with Crippen molar-refractivity contribution in [2.24, 2.45) is 0 Å². The lowest BCUT2D eigenvalue weighted by Gasteiger charge is -2.30. The fraction of sp³-hybridized carbons (Fsp3) is 0.348. The number of nitro benzene ring substituents is 1. The zero-order valence-corrected chi connectivity index (χ0v) is 17.4. The number of nitrogens with one attached hydrogen (secondary N) is 2. The van der Waals surface area contributed by atoms with Crippen LogP contribution >= 0.6 is 11.6 Å². The lowest BCUT2D eigenvalue weighted by atomic mass is 9.90. The quantitative estimate of drug-likeness (QED) is 0.394. The molecule has 2 N–H and O–H groups in total. The topological polar surface area (TPSA) is 80.1 Å². The number of nitro groups is 1. The normalized spacial score (nSPS) is 19.0. The molecule has 4 rings (SSSR count). The van der Waals surface area contributed by atoms with Crippen LogP contribution in [0.25, 0.3) is 10.9 Å². The molecule has 1 saturated carbocycles. The van der Waals surface area contributed by atoms with Gasteiger partial charge in [0.15, 0.2) is 0 Å². The van der Waals surface area contributed by atoms with Gasteiger partial charge in [0, 0.05) is 46.5 Å². The molecule has 0 bridgehead atoms. The second-order valence-electron chi connectivity index (χ2n) is 7.84. The van der Waals surface area contributed by atoms with E-state index in [1.54, 1.807) is 12.1 Å². The van der Waals surface area contributed by atoms with E-state index < -0.39 is 0 Å². The summed E-state index contributed by atoms with van der Waals surface area (Å²) < 4.78 is 0. The second kappa shape index (κ2) is 9.41. The molecular formula is C23H25ClN4O2. The van der Waals surface area contributed by atoms with E-state index in [2.05, 4.69) is 15.6 Å². The first kappa shape index (κ1) is 20.6. The number of hydrogen-bond acceptors (Lipinski definition) is 5. The molecule has 0 radical (unpaired) electrons. The van der Waals surface area contributed by atoms with E-state index in [9.17, 15) is 10.1 Å².